The number of aliphatic hydroxyl groups is 17. The van der Waals surface area contributed by atoms with Gasteiger partial charge in [0.15, 0.2) is 25.2 Å². The number of hydrogen-bond donors (Lipinski definition) is 19. The first-order valence-corrected chi connectivity index (χ1v) is 21.1. The number of hydrogen-bond acceptors (Lipinski definition) is 28. The number of aliphatic hydroxyl groups excluding tert-OH is 17. The highest BCUT2D eigenvalue weighted by molar-refractivity contribution is 5.23. The number of nitrogens with two attached hydrogens (primary N) is 1. The summed E-state index contributed by atoms with van der Waals surface area (Å²) in [5.41, 5.74) is 5.73. The van der Waals surface area contributed by atoms with Crippen LogP contribution in [0, 0.1) is 0 Å². The minimum absolute atomic E-state index is 0.0880. The molecule has 29 atom stereocenters. The summed E-state index contributed by atoms with van der Waals surface area (Å²) < 4.78 is 50.5. The summed E-state index contributed by atoms with van der Waals surface area (Å²) in [5.74, 6) is 0. The lowest BCUT2D eigenvalue weighted by Gasteiger charge is -2.49. The van der Waals surface area contributed by atoms with Gasteiger partial charge in [-0.25, -0.2) is 0 Å². The zero-order valence-electron chi connectivity index (χ0n) is 35.0. The van der Waals surface area contributed by atoms with Crippen LogP contribution in [-0.4, -0.2) is 291 Å². The highest BCUT2D eigenvalue weighted by Gasteiger charge is 2.55. The smallest absolute Gasteiger partial charge is 0.187 e. The molecule has 5 fully saturated rings. The molecular formula is C37H64N2O26. The predicted molar refractivity (Wildman–Crippen MR) is 204 cm³/mol. The fraction of sp³-hybridized carbons (Fsp3) is 0.946. The zero-order chi connectivity index (χ0) is 47.9. The molecule has 0 spiro atoms. The van der Waals surface area contributed by atoms with Crippen molar-refractivity contribution in [3.8, 4) is 0 Å². The number of nitrogens with one attached hydrogen (secondary N) is 1. The van der Waals surface area contributed by atoms with Crippen LogP contribution in [0.2, 0.25) is 0 Å². The van der Waals surface area contributed by atoms with E-state index in [9.17, 15) is 86.8 Å². The molecule has 0 aromatic rings. The third kappa shape index (κ3) is 10.7. The summed E-state index contributed by atoms with van der Waals surface area (Å²) in [6, 6.07) is -2.31. The lowest BCUT2D eigenvalue weighted by molar-refractivity contribution is -0.378. The van der Waals surface area contributed by atoms with Gasteiger partial charge in [-0.3, -0.25) is 5.32 Å². The Morgan fingerprint density at radius 2 is 0.923 bits per heavy atom. The first kappa shape index (κ1) is 53.0. The molecule has 1 aliphatic carbocycles. The Morgan fingerprint density at radius 1 is 0.477 bits per heavy atom. The maximum Gasteiger partial charge on any atom is 0.187 e. The first-order chi connectivity index (χ1) is 30.7. The van der Waals surface area contributed by atoms with E-state index in [4.69, 9.17) is 48.4 Å². The van der Waals surface area contributed by atoms with Gasteiger partial charge in [0.25, 0.3) is 0 Å². The Bertz CT molecular complexity index is 1540. The van der Waals surface area contributed by atoms with Crippen LogP contribution >= 0.6 is 0 Å². The van der Waals surface area contributed by atoms with E-state index >= 15 is 0 Å². The van der Waals surface area contributed by atoms with Crippen molar-refractivity contribution in [3.05, 3.63) is 11.6 Å². The molecule has 0 aromatic carbocycles. The van der Waals surface area contributed by atoms with Crippen molar-refractivity contribution < 1.29 is 129 Å². The van der Waals surface area contributed by atoms with Gasteiger partial charge in [-0.15, -0.1) is 0 Å². The monoisotopic (exact) mass is 952 g/mol. The van der Waals surface area contributed by atoms with E-state index in [2.05, 4.69) is 5.32 Å². The van der Waals surface area contributed by atoms with Gasteiger partial charge in [0.2, 0.25) is 0 Å². The fourth-order valence-electron chi connectivity index (χ4n) is 8.74. The third-order valence-electron chi connectivity index (χ3n) is 12.7. The third-order valence-corrected chi connectivity index (χ3v) is 12.7. The number of rotatable bonds is 14. The van der Waals surface area contributed by atoms with E-state index in [1.807, 2.05) is 0 Å². The summed E-state index contributed by atoms with van der Waals surface area (Å²) in [7, 11) is 0. The molecule has 0 unspecified atom stereocenters. The molecule has 65 heavy (non-hydrogen) atoms. The van der Waals surface area contributed by atoms with Gasteiger partial charge in [0, 0.05) is 0 Å². The standard InChI is InChI=1S/C37H64N2O26/c1-8-15(38)17(45)25(53)35(57-8)63-30-12(5-41)59-33(23(51)19(30)47)39-11-3-10(4-40)29(18(46)16(11)44)62-28-9(2)58-36(26(54)21(28)49)64-32-14(7-43)61-37(27(55)22(32)50)65-31-13(6-42)60-34(56)24(52)20(31)48/h3,8-9,11-37,39-56H,4-7,38H2,1-2H3/t8-,9-,11+,12-,13-,14-,15-,16+,17+,18-,19-,20-,21-,22-,23-,24-,25-,26-,27-,28-,29-,30-,31-,32-,33+,34-,35-,36-,37-/m1/s1. The molecule has 20 N–H and O–H groups in total. The van der Waals surface area contributed by atoms with Crippen molar-refractivity contribution in [2.24, 2.45) is 5.73 Å². The van der Waals surface area contributed by atoms with E-state index in [0.717, 1.165) is 0 Å². The molecule has 0 bridgehead atoms. The summed E-state index contributed by atoms with van der Waals surface area (Å²) in [4.78, 5) is 0. The quantitative estimate of drug-likeness (QED) is 0.0719. The Balaban J connectivity index is 1.07. The van der Waals surface area contributed by atoms with Crippen molar-refractivity contribution >= 4 is 0 Å². The number of ether oxygens (including phenoxy) is 9. The molecule has 0 radical (unpaired) electrons. The maximum absolute atomic E-state index is 11.3. The zero-order valence-corrected chi connectivity index (χ0v) is 35.0. The fourth-order valence-corrected chi connectivity index (χ4v) is 8.74. The average molecular weight is 953 g/mol. The van der Waals surface area contributed by atoms with Crippen LogP contribution in [0.1, 0.15) is 13.8 Å². The summed E-state index contributed by atoms with van der Waals surface area (Å²) in [6.45, 7) is -0.487. The van der Waals surface area contributed by atoms with E-state index in [1.54, 1.807) is 0 Å². The maximum atomic E-state index is 11.3. The topological polar surface area (TPSA) is 465 Å². The highest BCUT2D eigenvalue weighted by Crippen LogP contribution is 2.35. The van der Waals surface area contributed by atoms with Crippen LogP contribution in [-0.2, 0) is 42.6 Å². The van der Waals surface area contributed by atoms with Gasteiger partial charge in [-0.1, -0.05) is 6.08 Å². The van der Waals surface area contributed by atoms with Gasteiger partial charge in [0.1, 0.15) is 128 Å². The second-order valence-corrected chi connectivity index (χ2v) is 17.1. The van der Waals surface area contributed by atoms with Gasteiger partial charge in [-0.05, 0) is 19.4 Å². The Morgan fingerprint density at radius 3 is 1.46 bits per heavy atom. The van der Waals surface area contributed by atoms with Crippen LogP contribution < -0.4 is 11.1 Å². The van der Waals surface area contributed by atoms with E-state index in [0.29, 0.717) is 0 Å². The van der Waals surface area contributed by atoms with Crippen LogP contribution in [0.4, 0.5) is 0 Å². The molecular weight excluding hydrogens is 888 g/mol. The van der Waals surface area contributed by atoms with Gasteiger partial charge in [0.05, 0.1) is 50.7 Å². The second-order valence-electron chi connectivity index (χ2n) is 17.1. The molecule has 0 aromatic heterocycles. The molecule has 0 amide bonds. The summed E-state index contributed by atoms with van der Waals surface area (Å²) in [6.07, 6.45) is -44.1. The van der Waals surface area contributed by atoms with Crippen molar-refractivity contribution in [2.45, 2.75) is 192 Å². The Kier molecular flexibility index (Phi) is 18.0. The van der Waals surface area contributed by atoms with E-state index < -0.39 is 204 Å². The van der Waals surface area contributed by atoms with Crippen molar-refractivity contribution in [2.75, 3.05) is 26.4 Å². The largest absolute Gasteiger partial charge is 0.394 e. The van der Waals surface area contributed by atoms with Crippen LogP contribution in [0.5, 0.6) is 0 Å². The van der Waals surface area contributed by atoms with Crippen LogP contribution in [0.15, 0.2) is 11.6 Å². The molecule has 6 aliphatic rings. The van der Waals surface area contributed by atoms with Gasteiger partial charge >= 0.3 is 0 Å². The van der Waals surface area contributed by atoms with Gasteiger partial charge in [-0.2, -0.15) is 0 Å². The second kappa shape index (κ2) is 22.1. The van der Waals surface area contributed by atoms with Crippen molar-refractivity contribution in [3.63, 3.8) is 0 Å². The Hall–Kier alpha value is -1.38. The molecule has 5 aliphatic heterocycles. The van der Waals surface area contributed by atoms with Gasteiger partial charge < -0.3 is 135 Å². The molecule has 28 nitrogen and oxygen atoms in total. The highest BCUT2D eigenvalue weighted by atomic mass is 16.8. The molecule has 28 heteroatoms. The van der Waals surface area contributed by atoms with E-state index in [-0.39, 0.29) is 5.57 Å². The SMILES string of the molecule is C[C@H]1O[C@H](O[C@H]2[C@H](O)[C@@H](O)[C@@H](N[C@H]3C=C(CO)[C@@H](O[C@H]4[C@H](O)[C@@H](O)[C@@H](O[C@H]5[C@H](O)[C@@H](O)[C@@H](O[C@H]6[C@H](O)[C@@H](O)[C@H](O)O[C@@H]6CO)O[C@@H]5CO)O[C@@H]4C)[C@H](O)[C@H]3O)O[C@@H]2CO)[C@H](O)[C@@H](O)[C@@H]1N. The molecule has 378 valence electrons. The summed E-state index contributed by atoms with van der Waals surface area (Å²) >= 11 is 0. The minimum atomic E-state index is -2.02. The molecule has 6 rings (SSSR count). The first-order valence-electron chi connectivity index (χ1n) is 21.1. The average Bonchev–Trinajstić information content (AvgIpc) is 3.28. The summed E-state index contributed by atoms with van der Waals surface area (Å²) in [5, 5.41) is 183. The molecule has 0 saturated carbocycles. The lowest BCUT2D eigenvalue weighted by atomic mass is 9.86. The molecule has 5 saturated heterocycles. The van der Waals surface area contributed by atoms with Crippen molar-refractivity contribution in [1.82, 2.24) is 5.32 Å². The van der Waals surface area contributed by atoms with Crippen LogP contribution in [0.25, 0.3) is 0 Å². The van der Waals surface area contributed by atoms with Crippen molar-refractivity contribution in [1.29, 1.82) is 0 Å². The lowest BCUT2D eigenvalue weighted by Crippen LogP contribution is -2.68. The Labute approximate surface area is 370 Å². The van der Waals surface area contributed by atoms with E-state index in [1.165, 1.54) is 19.9 Å². The van der Waals surface area contributed by atoms with Crippen LogP contribution in [0.3, 0.4) is 0 Å². The minimum Gasteiger partial charge on any atom is -0.394 e. The normalized spacial score (nSPS) is 53.4. The predicted octanol–water partition coefficient (Wildman–Crippen LogP) is -11.9. The molecule has 5 heterocycles.